The van der Waals surface area contributed by atoms with Crippen molar-refractivity contribution in [1.82, 2.24) is 14.5 Å². The predicted octanol–water partition coefficient (Wildman–Crippen LogP) is 0.375. The van der Waals surface area contributed by atoms with Crippen LogP contribution in [0.3, 0.4) is 0 Å². The fourth-order valence-electron chi connectivity index (χ4n) is 3.90. The molecule has 0 radical (unpaired) electrons. The average molecular weight is 331 g/mol. The Morgan fingerprint density at radius 3 is 2.45 bits per heavy atom. The van der Waals surface area contributed by atoms with Gasteiger partial charge in [-0.15, -0.1) is 0 Å². The first-order valence-corrected chi connectivity index (χ1v) is 9.90. The molecule has 2 aliphatic heterocycles. The number of hydrogen-bond donors (Lipinski definition) is 1. The van der Waals surface area contributed by atoms with Crippen LogP contribution >= 0.6 is 0 Å². The zero-order valence-electron chi connectivity index (χ0n) is 13.1. The maximum absolute atomic E-state index is 12.4. The summed E-state index contributed by atoms with van der Waals surface area (Å²) in [6.45, 7) is 2.43. The number of nitrogens with zero attached hydrogens (tertiary/aromatic N) is 2. The molecule has 0 aromatic carbocycles. The summed E-state index contributed by atoms with van der Waals surface area (Å²) in [7, 11) is -3.16. The third kappa shape index (κ3) is 3.09. The summed E-state index contributed by atoms with van der Waals surface area (Å²) < 4.78 is 30.4. The van der Waals surface area contributed by atoms with E-state index in [2.05, 4.69) is 5.32 Å². The first-order valence-electron chi connectivity index (χ1n) is 8.05. The lowest BCUT2D eigenvalue weighted by atomic mass is 9.94. The highest BCUT2D eigenvalue weighted by Crippen LogP contribution is 2.41. The number of piperazine rings is 1. The average Bonchev–Trinajstić information content (AvgIpc) is 3.10. The number of urea groups is 1. The molecule has 1 spiro atoms. The van der Waals surface area contributed by atoms with Crippen LogP contribution in [0.5, 0.6) is 0 Å². The molecule has 3 fully saturated rings. The highest BCUT2D eigenvalue weighted by molar-refractivity contribution is 7.88. The van der Waals surface area contributed by atoms with E-state index in [0.29, 0.717) is 26.2 Å². The Kier molecular flexibility index (Phi) is 4.35. The molecule has 2 saturated heterocycles. The molecule has 22 heavy (non-hydrogen) atoms. The van der Waals surface area contributed by atoms with Crippen molar-refractivity contribution in [2.75, 3.05) is 39.0 Å². The molecule has 3 rings (SSSR count). The minimum atomic E-state index is -3.16. The van der Waals surface area contributed by atoms with Crippen LogP contribution in [0.4, 0.5) is 4.79 Å². The summed E-state index contributed by atoms with van der Waals surface area (Å²) in [5.41, 5.74) is -0.149. The summed E-state index contributed by atoms with van der Waals surface area (Å²) >= 11 is 0. The molecule has 1 saturated carbocycles. The van der Waals surface area contributed by atoms with Gasteiger partial charge in [0, 0.05) is 32.8 Å². The quantitative estimate of drug-likeness (QED) is 0.793. The van der Waals surface area contributed by atoms with E-state index in [-0.39, 0.29) is 17.7 Å². The predicted molar refractivity (Wildman–Crippen MR) is 82.1 cm³/mol. The summed E-state index contributed by atoms with van der Waals surface area (Å²) in [4.78, 5) is 14.2. The topological polar surface area (TPSA) is 79.0 Å². The molecule has 2 heterocycles. The van der Waals surface area contributed by atoms with Crippen molar-refractivity contribution in [3.05, 3.63) is 0 Å². The van der Waals surface area contributed by atoms with Gasteiger partial charge in [0.25, 0.3) is 0 Å². The van der Waals surface area contributed by atoms with E-state index in [4.69, 9.17) is 4.74 Å². The van der Waals surface area contributed by atoms with Gasteiger partial charge < -0.3 is 15.0 Å². The van der Waals surface area contributed by atoms with Crippen LogP contribution in [0.15, 0.2) is 0 Å². The first-order chi connectivity index (χ1) is 10.4. The van der Waals surface area contributed by atoms with Crippen molar-refractivity contribution in [3.63, 3.8) is 0 Å². The van der Waals surface area contributed by atoms with E-state index < -0.39 is 10.0 Å². The van der Waals surface area contributed by atoms with Gasteiger partial charge in [-0.3, -0.25) is 0 Å². The van der Waals surface area contributed by atoms with Crippen molar-refractivity contribution in [2.45, 2.75) is 43.7 Å². The second-order valence-electron chi connectivity index (χ2n) is 6.56. The van der Waals surface area contributed by atoms with Crippen molar-refractivity contribution in [1.29, 1.82) is 0 Å². The highest BCUT2D eigenvalue weighted by Gasteiger charge is 2.47. The van der Waals surface area contributed by atoms with Gasteiger partial charge in [0.15, 0.2) is 0 Å². The number of nitrogens with one attached hydrogen (secondary N) is 1. The van der Waals surface area contributed by atoms with Crippen molar-refractivity contribution in [3.8, 4) is 0 Å². The number of sulfonamides is 1. The van der Waals surface area contributed by atoms with Crippen LogP contribution in [0.1, 0.15) is 32.1 Å². The molecule has 126 valence electrons. The molecule has 0 bridgehead atoms. The molecular formula is C14H25N3O4S. The van der Waals surface area contributed by atoms with Crippen LogP contribution in [0.25, 0.3) is 0 Å². The van der Waals surface area contributed by atoms with Gasteiger partial charge in [-0.25, -0.2) is 13.2 Å². The Bertz CT molecular complexity index is 517. The zero-order valence-corrected chi connectivity index (χ0v) is 13.9. The van der Waals surface area contributed by atoms with Crippen molar-refractivity contribution < 1.29 is 17.9 Å². The molecule has 2 unspecified atom stereocenters. The van der Waals surface area contributed by atoms with E-state index in [9.17, 15) is 13.2 Å². The van der Waals surface area contributed by atoms with Gasteiger partial charge in [0.05, 0.1) is 17.9 Å². The fraction of sp³-hybridized carbons (Fsp3) is 0.929. The standard InChI is InChI=1S/C14H25N3O4S/c1-22(19,20)17-9-7-16(8-10-17)13(18)15-12-4-2-5-14(12)6-3-11-21-14/h12H,2-11H2,1H3,(H,15,18). The number of carbonyl (C=O) groups excluding carboxylic acids is 1. The summed E-state index contributed by atoms with van der Waals surface area (Å²) in [6.07, 6.45) is 6.39. The molecule has 1 aliphatic carbocycles. The monoisotopic (exact) mass is 331 g/mol. The van der Waals surface area contributed by atoms with E-state index in [1.807, 2.05) is 0 Å². The van der Waals surface area contributed by atoms with E-state index >= 15 is 0 Å². The maximum atomic E-state index is 12.4. The lowest BCUT2D eigenvalue weighted by Crippen LogP contribution is -2.57. The molecule has 2 atom stereocenters. The Morgan fingerprint density at radius 1 is 1.18 bits per heavy atom. The minimum absolute atomic E-state index is 0.0880. The maximum Gasteiger partial charge on any atom is 0.317 e. The highest BCUT2D eigenvalue weighted by atomic mass is 32.2. The number of amides is 2. The van der Waals surface area contributed by atoms with Gasteiger partial charge in [-0.2, -0.15) is 4.31 Å². The van der Waals surface area contributed by atoms with Crippen molar-refractivity contribution >= 4 is 16.1 Å². The number of rotatable bonds is 2. The van der Waals surface area contributed by atoms with Crippen LogP contribution in [0, 0.1) is 0 Å². The van der Waals surface area contributed by atoms with Gasteiger partial charge in [-0.1, -0.05) is 0 Å². The normalized spacial score (nSPS) is 33.5. The third-order valence-corrected chi connectivity index (χ3v) is 6.46. The third-order valence-electron chi connectivity index (χ3n) is 5.15. The van der Waals surface area contributed by atoms with Crippen LogP contribution in [-0.4, -0.2) is 74.3 Å². The molecule has 0 aromatic heterocycles. The Morgan fingerprint density at radius 2 is 1.86 bits per heavy atom. The van der Waals surface area contributed by atoms with E-state index in [0.717, 1.165) is 38.7 Å². The largest absolute Gasteiger partial charge is 0.373 e. The summed E-state index contributed by atoms with van der Waals surface area (Å²) in [6, 6.07) is 0.00497. The van der Waals surface area contributed by atoms with Crippen LogP contribution in [0.2, 0.25) is 0 Å². The minimum Gasteiger partial charge on any atom is -0.373 e. The lowest BCUT2D eigenvalue weighted by molar-refractivity contribution is -0.00962. The molecule has 3 aliphatic rings. The second-order valence-corrected chi connectivity index (χ2v) is 8.54. The summed E-state index contributed by atoms with van der Waals surface area (Å²) in [5, 5.41) is 3.13. The first kappa shape index (κ1) is 16.0. The summed E-state index contributed by atoms with van der Waals surface area (Å²) in [5.74, 6) is 0. The van der Waals surface area contributed by atoms with Gasteiger partial charge in [0.2, 0.25) is 10.0 Å². The van der Waals surface area contributed by atoms with Gasteiger partial charge in [-0.05, 0) is 32.1 Å². The SMILES string of the molecule is CS(=O)(=O)N1CCN(C(=O)NC2CCCC23CCCO3)CC1. The molecule has 0 aromatic rings. The second kappa shape index (κ2) is 5.98. The van der Waals surface area contributed by atoms with Gasteiger partial charge in [0.1, 0.15) is 0 Å². The van der Waals surface area contributed by atoms with Crippen LogP contribution < -0.4 is 5.32 Å². The Hall–Kier alpha value is -0.860. The Balaban J connectivity index is 1.55. The fourth-order valence-corrected chi connectivity index (χ4v) is 4.73. The molecule has 7 nitrogen and oxygen atoms in total. The molecule has 1 N–H and O–H groups in total. The molecule has 2 amide bonds. The lowest BCUT2D eigenvalue weighted by Gasteiger charge is -2.36. The number of carbonyl (C=O) groups is 1. The zero-order chi connectivity index (χ0) is 15.8. The van der Waals surface area contributed by atoms with Crippen molar-refractivity contribution in [2.24, 2.45) is 0 Å². The Labute approximate surface area is 132 Å². The van der Waals surface area contributed by atoms with E-state index in [1.165, 1.54) is 10.6 Å². The van der Waals surface area contributed by atoms with E-state index in [1.54, 1.807) is 4.90 Å². The van der Waals surface area contributed by atoms with Gasteiger partial charge >= 0.3 is 6.03 Å². The molecule has 8 heteroatoms. The van der Waals surface area contributed by atoms with Crippen LogP contribution in [-0.2, 0) is 14.8 Å². The smallest absolute Gasteiger partial charge is 0.317 e. The number of hydrogen-bond acceptors (Lipinski definition) is 4. The molecular weight excluding hydrogens is 306 g/mol. The number of ether oxygens (including phenoxy) is 1.